The molecule has 0 fully saturated rings. The molecule has 0 spiro atoms. The van der Waals surface area contributed by atoms with Gasteiger partial charge in [0.15, 0.2) is 17.5 Å². The second-order valence-corrected chi connectivity index (χ2v) is 13.5. The molecule has 0 aliphatic rings. The number of nitrogens with zero attached hydrogens (tertiary/aromatic N) is 4. The van der Waals surface area contributed by atoms with Gasteiger partial charge in [0.05, 0.1) is 11.0 Å². The molecule has 0 radical (unpaired) electrons. The van der Waals surface area contributed by atoms with Crippen molar-refractivity contribution in [3.63, 3.8) is 0 Å². The van der Waals surface area contributed by atoms with Gasteiger partial charge in [0.1, 0.15) is 0 Å². The molecule has 0 aliphatic carbocycles. The molecule has 0 atom stereocenters. The van der Waals surface area contributed by atoms with Gasteiger partial charge in [0.25, 0.3) is 0 Å². The van der Waals surface area contributed by atoms with E-state index in [-0.39, 0.29) is 0 Å². The number of rotatable bonds is 5. The summed E-state index contributed by atoms with van der Waals surface area (Å²) in [4.78, 5) is 15.1. The zero-order valence-electron chi connectivity index (χ0n) is 26.9. The lowest BCUT2D eigenvalue weighted by atomic mass is 9.99. The van der Waals surface area contributed by atoms with Crippen molar-refractivity contribution in [2.45, 2.75) is 0 Å². The number of thiophene rings is 1. The Morgan fingerprint density at radius 2 is 0.960 bits per heavy atom. The molecular formula is C45H28N4S. The van der Waals surface area contributed by atoms with E-state index >= 15 is 0 Å². The van der Waals surface area contributed by atoms with Crippen LogP contribution in [0.2, 0.25) is 0 Å². The maximum atomic E-state index is 5.09. The average molecular weight is 657 g/mol. The highest BCUT2D eigenvalue weighted by Gasteiger charge is 2.18. The number of fused-ring (bicyclic) bond motifs is 6. The summed E-state index contributed by atoms with van der Waals surface area (Å²) in [6.07, 6.45) is 0. The van der Waals surface area contributed by atoms with Crippen molar-refractivity contribution < 1.29 is 0 Å². The van der Waals surface area contributed by atoms with Gasteiger partial charge in [0.2, 0.25) is 0 Å². The van der Waals surface area contributed by atoms with E-state index in [2.05, 4.69) is 138 Å². The molecule has 10 rings (SSSR count). The van der Waals surface area contributed by atoms with Crippen LogP contribution in [0.25, 0.3) is 93.0 Å². The molecule has 0 saturated heterocycles. The van der Waals surface area contributed by atoms with Crippen LogP contribution >= 0.6 is 11.3 Å². The number of aromatic nitrogens is 4. The second kappa shape index (κ2) is 11.6. The molecule has 10 aromatic rings. The monoisotopic (exact) mass is 656 g/mol. The van der Waals surface area contributed by atoms with Crippen molar-refractivity contribution in [3.05, 3.63) is 170 Å². The Hall–Kier alpha value is -6.43. The highest BCUT2D eigenvalue weighted by Crippen LogP contribution is 2.42. The molecule has 0 unspecified atom stereocenters. The van der Waals surface area contributed by atoms with E-state index in [4.69, 9.17) is 15.0 Å². The Morgan fingerprint density at radius 3 is 1.68 bits per heavy atom. The fourth-order valence-corrected chi connectivity index (χ4v) is 8.24. The summed E-state index contributed by atoms with van der Waals surface area (Å²) >= 11 is 1.81. The minimum atomic E-state index is 0.662. The van der Waals surface area contributed by atoms with Gasteiger partial charge >= 0.3 is 0 Å². The SMILES string of the molecule is c1ccc(-c2nc(-c3ccccc3)nc(-c3cccc4sc5ccc(-c6ccc7c(c6)c6ccccc6n7-c6ccccc6)cc5c34)n2)cc1. The first-order valence-electron chi connectivity index (χ1n) is 16.7. The first-order valence-corrected chi connectivity index (χ1v) is 17.5. The molecule has 50 heavy (non-hydrogen) atoms. The van der Waals surface area contributed by atoms with Crippen LogP contribution in [0.15, 0.2) is 170 Å². The smallest absolute Gasteiger partial charge is 0.164 e. The molecule has 0 aliphatic heterocycles. The van der Waals surface area contributed by atoms with Crippen molar-refractivity contribution >= 4 is 53.3 Å². The Kier molecular flexibility index (Phi) is 6.64. The first kappa shape index (κ1) is 28.6. The summed E-state index contributed by atoms with van der Waals surface area (Å²) in [6.45, 7) is 0. The Bertz CT molecular complexity index is 2800. The molecule has 0 bridgehead atoms. The summed E-state index contributed by atoms with van der Waals surface area (Å²) < 4.78 is 4.80. The van der Waals surface area contributed by atoms with Gasteiger partial charge in [-0.2, -0.15) is 0 Å². The van der Waals surface area contributed by atoms with Crippen molar-refractivity contribution in [3.8, 4) is 51.0 Å². The third-order valence-corrected chi connectivity index (χ3v) is 10.6. The third kappa shape index (κ3) is 4.71. The van der Waals surface area contributed by atoms with Crippen LogP contribution in [0.4, 0.5) is 0 Å². The first-order chi connectivity index (χ1) is 24.8. The van der Waals surface area contributed by atoms with Gasteiger partial charge in [-0.05, 0) is 59.7 Å². The second-order valence-electron chi connectivity index (χ2n) is 12.5. The molecule has 0 saturated carbocycles. The minimum Gasteiger partial charge on any atom is -0.309 e. The zero-order chi connectivity index (χ0) is 33.0. The molecule has 4 nitrogen and oxygen atoms in total. The van der Waals surface area contributed by atoms with E-state index < -0.39 is 0 Å². The van der Waals surface area contributed by atoms with Crippen molar-refractivity contribution in [2.75, 3.05) is 0 Å². The average Bonchev–Trinajstić information content (AvgIpc) is 3.74. The maximum absolute atomic E-state index is 5.09. The topological polar surface area (TPSA) is 43.6 Å². The third-order valence-electron chi connectivity index (χ3n) is 9.46. The highest BCUT2D eigenvalue weighted by atomic mass is 32.1. The van der Waals surface area contributed by atoms with E-state index in [1.807, 2.05) is 36.4 Å². The zero-order valence-corrected chi connectivity index (χ0v) is 27.7. The van der Waals surface area contributed by atoms with E-state index in [1.165, 1.54) is 53.1 Å². The molecular weight excluding hydrogens is 629 g/mol. The lowest BCUT2D eigenvalue weighted by molar-refractivity contribution is 1.08. The van der Waals surface area contributed by atoms with Crippen molar-refractivity contribution in [2.24, 2.45) is 0 Å². The van der Waals surface area contributed by atoms with E-state index in [9.17, 15) is 0 Å². The summed E-state index contributed by atoms with van der Waals surface area (Å²) in [7, 11) is 0. The van der Waals surface area contributed by atoms with Crippen LogP contribution in [-0.2, 0) is 0 Å². The summed E-state index contributed by atoms with van der Waals surface area (Å²) in [6, 6.07) is 59.8. The van der Waals surface area contributed by atoms with Gasteiger partial charge in [0, 0.05) is 53.3 Å². The van der Waals surface area contributed by atoms with Gasteiger partial charge in [-0.3, -0.25) is 0 Å². The van der Waals surface area contributed by atoms with Crippen LogP contribution in [0.3, 0.4) is 0 Å². The predicted molar refractivity (Wildman–Crippen MR) is 209 cm³/mol. The summed E-state index contributed by atoms with van der Waals surface area (Å²) in [5.74, 6) is 1.99. The number of hydrogen-bond acceptors (Lipinski definition) is 4. The van der Waals surface area contributed by atoms with Gasteiger partial charge in [-0.15, -0.1) is 11.3 Å². The van der Waals surface area contributed by atoms with Crippen LogP contribution < -0.4 is 0 Å². The standard InChI is InChI=1S/C45H28N4S/c1-4-13-29(14-5-1)43-46-44(30-15-6-2-7-16-30)48-45(47-43)35-20-12-22-41-42(35)37-28-32(24-26-40(37)50-41)31-23-25-39-36(27-31)34-19-10-11-21-38(34)49(39)33-17-8-3-9-18-33/h1-28H. The fourth-order valence-electron chi connectivity index (χ4n) is 7.13. The molecule has 234 valence electrons. The summed E-state index contributed by atoms with van der Waals surface area (Å²) in [5.41, 5.74) is 8.85. The van der Waals surface area contributed by atoms with E-state index in [0.717, 1.165) is 22.4 Å². The number of para-hydroxylation sites is 2. The minimum absolute atomic E-state index is 0.662. The lowest BCUT2D eigenvalue weighted by Crippen LogP contribution is -2.00. The molecule has 3 heterocycles. The Labute approximate surface area is 292 Å². The lowest BCUT2D eigenvalue weighted by Gasteiger charge is -2.10. The van der Waals surface area contributed by atoms with E-state index in [1.54, 1.807) is 11.3 Å². The Balaban J connectivity index is 1.16. The molecule has 3 aromatic heterocycles. The highest BCUT2D eigenvalue weighted by molar-refractivity contribution is 7.26. The molecule has 0 N–H and O–H groups in total. The van der Waals surface area contributed by atoms with Crippen LogP contribution in [0.5, 0.6) is 0 Å². The maximum Gasteiger partial charge on any atom is 0.164 e. The van der Waals surface area contributed by atoms with Crippen LogP contribution in [0, 0.1) is 0 Å². The fraction of sp³-hybridized carbons (Fsp3) is 0. The molecule has 7 aromatic carbocycles. The van der Waals surface area contributed by atoms with Gasteiger partial charge < -0.3 is 4.57 Å². The van der Waals surface area contributed by atoms with Crippen LogP contribution in [0.1, 0.15) is 0 Å². The largest absolute Gasteiger partial charge is 0.309 e. The van der Waals surface area contributed by atoms with Gasteiger partial charge in [-0.1, -0.05) is 121 Å². The quantitative estimate of drug-likeness (QED) is 0.185. The molecule has 5 heteroatoms. The summed E-state index contributed by atoms with van der Waals surface area (Å²) in [5, 5.41) is 4.86. The number of benzene rings is 7. The Morgan fingerprint density at radius 1 is 0.380 bits per heavy atom. The van der Waals surface area contributed by atoms with Crippen LogP contribution in [-0.4, -0.2) is 19.5 Å². The predicted octanol–water partition coefficient (Wildman–Crippen LogP) is 12.0. The van der Waals surface area contributed by atoms with E-state index in [0.29, 0.717) is 17.5 Å². The normalized spacial score (nSPS) is 11.6. The van der Waals surface area contributed by atoms with Gasteiger partial charge in [-0.25, -0.2) is 15.0 Å². The number of hydrogen-bond donors (Lipinski definition) is 0. The van der Waals surface area contributed by atoms with Crippen molar-refractivity contribution in [1.82, 2.24) is 19.5 Å². The van der Waals surface area contributed by atoms with Crippen molar-refractivity contribution in [1.29, 1.82) is 0 Å². The molecule has 0 amide bonds.